The zero-order valence-electron chi connectivity index (χ0n) is 15.4. The van der Waals surface area contributed by atoms with Crippen LogP contribution in [0, 0.1) is 0 Å². The van der Waals surface area contributed by atoms with Crippen molar-refractivity contribution in [3.63, 3.8) is 0 Å². The number of carbonyl (C=O) groups excluding carboxylic acids is 2. The molecular formula is C21H24ClN3O2. The largest absolute Gasteiger partial charge is 0.375 e. The molecule has 0 aromatic heterocycles. The molecule has 0 aliphatic carbocycles. The van der Waals surface area contributed by atoms with E-state index >= 15 is 0 Å². The minimum Gasteiger partial charge on any atom is -0.375 e. The Balaban J connectivity index is 1.65. The summed E-state index contributed by atoms with van der Waals surface area (Å²) >= 11 is 6.08. The summed E-state index contributed by atoms with van der Waals surface area (Å²) in [5.74, 6) is -0.167. The third kappa shape index (κ3) is 4.80. The Hall–Kier alpha value is -2.53. The van der Waals surface area contributed by atoms with Gasteiger partial charge in [-0.2, -0.15) is 0 Å². The van der Waals surface area contributed by atoms with Gasteiger partial charge in [0.25, 0.3) is 5.91 Å². The van der Waals surface area contributed by atoms with Crippen molar-refractivity contribution in [3.05, 3.63) is 64.2 Å². The van der Waals surface area contributed by atoms with Crippen LogP contribution >= 0.6 is 11.6 Å². The maximum absolute atomic E-state index is 12.6. The number of anilines is 1. The lowest BCUT2D eigenvalue weighted by atomic mass is 10.00. The Morgan fingerprint density at radius 2 is 1.93 bits per heavy atom. The van der Waals surface area contributed by atoms with Crippen LogP contribution in [0.15, 0.2) is 42.5 Å². The van der Waals surface area contributed by atoms with Gasteiger partial charge in [-0.25, -0.2) is 0 Å². The molecule has 0 unspecified atom stereocenters. The summed E-state index contributed by atoms with van der Waals surface area (Å²) in [6, 6.07) is 13.2. The Bertz CT molecular complexity index is 838. The van der Waals surface area contributed by atoms with Gasteiger partial charge in [-0.15, -0.1) is 0 Å². The second-order valence-corrected chi connectivity index (χ2v) is 7.07. The third-order valence-electron chi connectivity index (χ3n) is 4.68. The van der Waals surface area contributed by atoms with Crippen LogP contribution in [0.1, 0.15) is 34.8 Å². The highest BCUT2D eigenvalue weighted by molar-refractivity contribution is 6.31. The van der Waals surface area contributed by atoms with Gasteiger partial charge in [0, 0.05) is 30.3 Å². The van der Waals surface area contributed by atoms with Gasteiger partial charge in [-0.3, -0.25) is 9.59 Å². The van der Waals surface area contributed by atoms with Crippen LogP contribution in [0.25, 0.3) is 0 Å². The van der Waals surface area contributed by atoms with Crippen LogP contribution < -0.4 is 10.6 Å². The molecule has 1 heterocycles. The molecular weight excluding hydrogens is 362 g/mol. The molecule has 2 N–H and O–H groups in total. The maximum Gasteiger partial charge on any atom is 0.253 e. The smallest absolute Gasteiger partial charge is 0.253 e. The van der Waals surface area contributed by atoms with E-state index in [1.165, 1.54) is 11.1 Å². The molecule has 0 bridgehead atoms. The SMILES string of the molecule is CCCNC(=O)c1ccc(Cl)cc1NCC(=O)N1CCc2ccccc2C1. The van der Waals surface area contributed by atoms with Crippen LogP contribution in [0.4, 0.5) is 5.69 Å². The number of hydrogen-bond acceptors (Lipinski definition) is 3. The summed E-state index contributed by atoms with van der Waals surface area (Å²) < 4.78 is 0. The van der Waals surface area contributed by atoms with Crippen molar-refractivity contribution in [1.29, 1.82) is 0 Å². The molecule has 1 aliphatic rings. The van der Waals surface area contributed by atoms with E-state index in [4.69, 9.17) is 11.6 Å². The van der Waals surface area contributed by atoms with Crippen molar-refractivity contribution in [1.82, 2.24) is 10.2 Å². The molecule has 0 radical (unpaired) electrons. The molecule has 2 aromatic carbocycles. The van der Waals surface area contributed by atoms with Gasteiger partial charge in [0.15, 0.2) is 0 Å². The average molecular weight is 386 g/mol. The minimum atomic E-state index is -0.171. The van der Waals surface area contributed by atoms with Crippen molar-refractivity contribution in [3.8, 4) is 0 Å². The van der Waals surface area contributed by atoms with Gasteiger partial charge in [-0.1, -0.05) is 42.8 Å². The molecule has 5 nitrogen and oxygen atoms in total. The predicted molar refractivity (Wildman–Crippen MR) is 108 cm³/mol. The van der Waals surface area contributed by atoms with Crippen molar-refractivity contribution >= 4 is 29.1 Å². The first-order valence-electron chi connectivity index (χ1n) is 9.24. The molecule has 2 aromatic rings. The zero-order chi connectivity index (χ0) is 19.2. The number of nitrogens with zero attached hydrogens (tertiary/aromatic N) is 1. The number of amides is 2. The van der Waals surface area contributed by atoms with Crippen molar-refractivity contribution in [2.75, 3.05) is 25.0 Å². The van der Waals surface area contributed by atoms with E-state index in [1.54, 1.807) is 18.2 Å². The third-order valence-corrected chi connectivity index (χ3v) is 4.91. The topological polar surface area (TPSA) is 61.4 Å². The second kappa shape index (κ2) is 8.91. The molecule has 6 heteroatoms. The summed E-state index contributed by atoms with van der Waals surface area (Å²) in [7, 11) is 0. The van der Waals surface area contributed by atoms with Crippen LogP contribution in [-0.4, -0.2) is 36.3 Å². The fraction of sp³-hybridized carbons (Fsp3) is 0.333. The predicted octanol–water partition coefficient (Wildman–Crippen LogP) is 3.48. The van der Waals surface area contributed by atoms with Gasteiger partial charge in [0.05, 0.1) is 12.1 Å². The fourth-order valence-corrected chi connectivity index (χ4v) is 3.36. The molecule has 3 rings (SSSR count). The lowest BCUT2D eigenvalue weighted by molar-refractivity contribution is -0.130. The average Bonchev–Trinajstić information content (AvgIpc) is 2.69. The van der Waals surface area contributed by atoms with Crippen LogP contribution in [0.5, 0.6) is 0 Å². The Labute approximate surface area is 164 Å². The van der Waals surface area contributed by atoms with Crippen molar-refractivity contribution in [2.45, 2.75) is 26.3 Å². The molecule has 0 atom stereocenters. The van der Waals surface area contributed by atoms with E-state index in [-0.39, 0.29) is 18.4 Å². The van der Waals surface area contributed by atoms with Crippen LogP contribution in [-0.2, 0) is 17.8 Å². The van der Waals surface area contributed by atoms with E-state index in [2.05, 4.69) is 22.8 Å². The van der Waals surface area contributed by atoms with Gasteiger partial charge in [0.2, 0.25) is 5.91 Å². The number of halogens is 1. The minimum absolute atomic E-state index is 0.00407. The molecule has 2 amide bonds. The monoisotopic (exact) mass is 385 g/mol. The van der Waals surface area contributed by atoms with Crippen LogP contribution in [0.2, 0.25) is 5.02 Å². The normalized spacial score (nSPS) is 13.0. The molecule has 142 valence electrons. The second-order valence-electron chi connectivity index (χ2n) is 6.63. The summed E-state index contributed by atoms with van der Waals surface area (Å²) in [6.45, 7) is 4.05. The first-order chi connectivity index (χ1) is 13.1. The number of benzene rings is 2. The molecule has 0 spiro atoms. The Kier molecular flexibility index (Phi) is 6.35. The number of nitrogens with one attached hydrogen (secondary N) is 2. The van der Waals surface area contributed by atoms with Gasteiger partial charge < -0.3 is 15.5 Å². The Morgan fingerprint density at radius 1 is 1.15 bits per heavy atom. The highest BCUT2D eigenvalue weighted by atomic mass is 35.5. The van der Waals surface area contributed by atoms with E-state index in [0.717, 1.165) is 12.8 Å². The molecule has 27 heavy (non-hydrogen) atoms. The van der Waals surface area contributed by atoms with Crippen molar-refractivity contribution in [2.24, 2.45) is 0 Å². The van der Waals surface area contributed by atoms with E-state index < -0.39 is 0 Å². The van der Waals surface area contributed by atoms with Crippen molar-refractivity contribution < 1.29 is 9.59 Å². The van der Waals surface area contributed by atoms with Crippen LogP contribution in [0.3, 0.4) is 0 Å². The zero-order valence-corrected chi connectivity index (χ0v) is 16.2. The molecule has 0 saturated carbocycles. The van der Waals surface area contributed by atoms with Gasteiger partial charge >= 0.3 is 0 Å². The van der Waals surface area contributed by atoms with E-state index in [1.807, 2.05) is 24.0 Å². The highest BCUT2D eigenvalue weighted by Gasteiger charge is 2.20. The molecule has 0 saturated heterocycles. The highest BCUT2D eigenvalue weighted by Crippen LogP contribution is 2.22. The maximum atomic E-state index is 12.6. The first-order valence-corrected chi connectivity index (χ1v) is 9.62. The molecule has 0 fully saturated rings. The number of rotatable bonds is 6. The lowest BCUT2D eigenvalue weighted by Crippen LogP contribution is -2.39. The summed E-state index contributed by atoms with van der Waals surface area (Å²) in [5, 5.41) is 6.47. The first kappa shape index (κ1) is 19.2. The molecule has 1 aliphatic heterocycles. The lowest BCUT2D eigenvalue weighted by Gasteiger charge is -2.29. The number of fused-ring (bicyclic) bond motifs is 1. The van der Waals surface area contributed by atoms with Gasteiger partial charge in [0.1, 0.15) is 0 Å². The number of hydrogen-bond donors (Lipinski definition) is 2. The van der Waals surface area contributed by atoms with Gasteiger partial charge in [-0.05, 0) is 42.2 Å². The van der Waals surface area contributed by atoms with E-state index in [9.17, 15) is 9.59 Å². The quantitative estimate of drug-likeness (QED) is 0.800. The standard InChI is InChI=1S/C21H24ClN3O2/c1-2-10-23-21(27)18-8-7-17(22)12-19(18)24-13-20(26)25-11-9-15-5-3-4-6-16(15)14-25/h3-8,12,24H,2,9-11,13-14H2,1H3,(H,23,27). The summed E-state index contributed by atoms with van der Waals surface area (Å²) in [5.41, 5.74) is 3.56. The van der Waals surface area contributed by atoms with E-state index in [0.29, 0.717) is 35.9 Å². The Morgan fingerprint density at radius 3 is 2.70 bits per heavy atom. The number of carbonyl (C=O) groups is 2. The summed E-state index contributed by atoms with van der Waals surface area (Å²) in [6.07, 6.45) is 1.72. The fourth-order valence-electron chi connectivity index (χ4n) is 3.19. The summed E-state index contributed by atoms with van der Waals surface area (Å²) in [4.78, 5) is 26.8.